The summed E-state index contributed by atoms with van der Waals surface area (Å²) in [6.45, 7) is 0. The number of amides is 2. The van der Waals surface area contributed by atoms with Gasteiger partial charge in [-0.1, -0.05) is 17.7 Å². The molecule has 1 aromatic carbocycles. The van der Waals surface area contributed by atoms with Crippen LogP contribution in [-0.4, -0.2) is 15.6 Å². The Balaban J connectivity index is 1.73. The number of pyridine rings is 1. The summed E-state index contributed by atoms with van der Waals surface area (Å²) < 4.78 is 2.00. The fourth-order valence-electron chi connectivity index (χ4n) is 2.08. The molecule has 3 rings (SSSR count). The van der Waals surface area contributed by atoms with Crippen LogP contribution in [0.2, 0.25) is 5.15 Å². The topological polar surface area (TPSA) is 59.0 Å². The van der Waals surface area contributed by atoms with Crippen LogP contribution in [0.1, 0.15) is 0 Å². The first-order valence-electron chi connectivity index (χ1n) is 6.36. The minimum atomic E-state index is -0.326. The molecule has 0 saturated carbocycles. The van der Waals surface area contributed by atoms with Crippen LogP contribution in [-0.2, 0) is 7.05 Å². The van der Waals surface area contributed by atoms with Crippen LogP contribution in [0.15, 0.2) is 48.8 Å². The van der Waals surface area contributed by atoms with Gasteiger partial charge in [-0.2, -0.15) is 0 Å². The molecule has 0 fully saturated rings. The van der Waals surface area contributed by atoms with E-state index in [1.165, 1.54) is 6.20 Å². The molecule has 2 amide bonds. The molecule has 0 spiro atoms. The van der Waals surface area contributed by atoms with E-state index in [1.54, 1.807) is 12.1 Å². The Morgan fingerprint density at radius 3 is 2.67 bits per heavy atom. The van der Waals surface area contributed by atoms with Gasteiger partial charge in [0, 0.05) is 24.4 Å². The van der Waals surface area contributed by atoms with Crippen LogP contribution in [0.5, 0.6) is 0 Å². The van der Waals surface area contributed by atoms with Gasteiger partial charge >= 0.3 is 6.03 Å². The van der Waals surface area contributed by atoms with Crippen molar-refractivity contribution < 1.29 is 4.79 Å². The molecule has 0 radical (unpaired) electrons. The number of rotatable bonds is 2. The molecule has 2 heterocycles. The molecule has 3 aromatic rings. The Morgan fingerprint density at radius 2 is 1.90 bits per heavy atom. The van der Waals surface area contributed by atoms with Crippen molar-refractivity contribution in [3.05, 3.63) is 53.9 Å². The lowest BCUT2D eigenvalue weighted by Crippen LogP contribution is -2.19. The maximum Gasteiger partial charge on any atom is 0.323 e. The lowest BCUT2D eigenvalue weighted by molar-refractivity contribution is 0.262. The number of aromatic nitrogens is 2. The van der Waals surface area contributed by atoms with Gasteiger partial charge in [0.25, 0.3) is 0 Å². The summed E-state index contributed by atoms with van der Waals surface area (Å²) in [5, 5.41) is 7.00. The summed E-state index contributed by atoms with van der Waals surface area (Å²) in [6.07, 6.45) is 3.48. The van der Waals surface area contributed by atoms with Gasteiger partial charge in [0.1, 0.15) is 5.15 Å². The van der Waals surface area contributed by atoms with E-state index in [4.69, 9.17) is 11.6 Å². The van der Waals surface area contributed by atoms with E-state index < -0.39 is 0 Å². The first-order chi connectivity index (χ1) is 10.1. The third-order valence-corrected chi connectivity index (χ3v) is 3.35. The summed E-state index contributed by atoms with van der Waals surface area (Å²) in [5.41, 5.74) is 2.36. The first-order valence-corrected chi connectivity index (χ1v) is 6.74. The highest BCUT2D eigenvalue weighted by molar-refractivity contribution is 6.29. The molecular weight excluding hydrogens is 288 g/mol. The number of hydrogen-bond acceptors (Lipinski definition) is 2. The smallest absolute Gasteiger partial charge is 0.323 e. The van der Waals surface area contributed by atoms with Crippen molar-refractivity contribution >= 4 is 39.9 Å². The molecule has 2 N–H and O–H groups in total. The SMILES string of the molecule is Cn1ccc2ccc(NC(=O)Nc3ccc(Cl)nc3)cc21. The van der Waals surface area contributed by atoms with E-state index in [1.807, 2.05) is 42.1 Å². The second-order valence-corrected chi connectivity index (χ2v) is 5.04. The molecule has 0 atom stereocenters. The number of benzene rings is 1. The van der Waals surface area contributed by atoms with E-state index >= 15 is 0 Å². The lowest BCUT2D eigenvalue weighted by Gasteiger charge is -2.08. The number of halogens is 1. The van der Waals surface area contributed by atoms with E-state index in [-0.39, 0.29) is 6.03 Å². The Kier molecular flexibility index (Phi) is 3.50. The van der Waals surface area contributed by atoms with Gasteiger partial charge in [-0.3, -0.25) is 0 Å². The average molecular weight is 301 g/mol. The summed E-state index contributed by atoms with van der Waals surface area (Å²) >= 11 is 5.70. The molecule has 2 aromatic heterocycles. The highest BCUT2D eigenvalue weighted by Crippen LogP contribution is 2.20. The summed E-state index contributed by atoms with van der Waals surface area (Å²) in [7, 11) is 1.96. The van der Waals surface area contributed by atoms with Crippen LogP contribution >= 0.6 is 11.6 Å². The number of nitrogens with one attached hydrogen (secondary N) is 2. The lowest BCUT2D eigenvalue weighted by atomic mass is 10.2. The Bertz CT molecular complexity index is 795. The maximum atomic E-state index is 11.9. The van der Waals surface area contributed by atoms with Crippen molar-refractivity contribution in [3.63, 3.8) is 0 Å². The predicted molar refractivity (Wildman–Crippen MR) is 84.8 cm³/mol. The fourth-order valence-corrected chi connectivity index (χ4v) is 2.20. The van der Waals surface area contributed by atoms with Gasteiger partial charge in [-0.15, -0.1) is 0 Å². The van der Waals surface area contributed by atoms with Gasteiger partial charge in [0.15, 0.2) is 0 Å². The monoisotopic (exact) mass is 300 g/mol. The van der Waals surface area contributed by atoms with Crippen molar-refractivity contribution in [2.45, 2.75) is 0 Å². The van der Waals surface area contributed by atoms with Gasteiger partial charge in [-0.05, 0) is 35.7 Å². The van der Waals surface area contributed by atoms with Gasteiger partial charge < -0.3 is 15.2 Å². The van der Waals surface area contributed by atoms with E-state index in [9.17, 15) is 4.79 Å². The van der Waals surface area contributed by atoms with Crippen molar-refractivity contribution in [1.29, 1.82) is 0 Å². The zero-order valence-corrected chi connectivity index (χ0v) is 12.1. The third-order valence-electron chi connectivity index (χ3n) is 3.13. The number of anilines is 2. The predicted octanol–water partition coefficient (Wildman–Crippen LogP) is 3.87. The maximum absolute atomic E-state index is 11.9. The molecular formula is C15H13ClN4O. The highest BCUT2D eigenvalue weighted by atomic mass is 35.5. The van der Waals surface area contributed by atoms with Crippen molar-refractivity contribution in [2.24, 2.45) is 7.05 Å². The molecule has 106 valence electrons. The third kappa shape index (κ3) is 2.98. The zero-order valence-electron chi connectivity index (χ0n) is 11.3. The molecule has 0 bridgehead atoms. The Labute approximate surface area is 126 Å². The molecule has 5 nitrogen and oxygen atoms in total. The van der Waals surface area contributed by atoms with Crippen molar-refractivity contribution in [3.8, 4) is 0 Å². The van der Waals surface area contributed by atoms with Crippen LogP contribution in [0.3, 0.4) is 0 Å². The van der Waals surface area contributed by atoms with Crippen LogP contribution in [0, 0.1) is 0 Å². The van der Waals surface area contributed by atoms with Gasteiger partial charge in [0.2, 0.25) is 0 Å². The number of aryl methyl sites for hydroxylation is 1. The van der Waals surface area contributed by atoms with Crippen LogP contribution in [0.25, 0.3) is 10.9 Å². The van der Waals surface area contributed by atoms with E-state index in [0.29, 0.717) is 10.8 Å². The summed E-state index contributed by atoms with van der Waals surface area (Å²) in [4.78, 5) is 15.8. The van der Waals surface area contributed by atoms with E-state index in [2.05, 4.69) is 15.6 Å². The Hall–Kier alpha value is -2.53. The minimum absolute atomic E-state index is 0.326. The fraction of sp³-hybridized carbons (Fsp3) is 0.0667. The quantitative estimate of drug-likeness (QED) is 0.706. The van der Waals surface area contributed by atoms with Crippen molar-refractivity contribution in [2.75, 3.05) is 10.6 Å². The normalized spacial score (nSPS) is 10.6. The molecule has 21 heavy (non-hydrogen) atoms. The van der Waals surface area contributed by atoms with Gasteiger partial charge in [-0.25, -0.2) is 9.78 Å². The molecule has 0 aliphatic rings. The molecule has 6 heteroatoms. The van der Waals surface area contributed by atoms with Crippen LogP contribution in [0.4, 0.5) is 16.2 Å². The minimum Gasteiger partial charge on any atom is -0.350 e. The summed E-state index contributed by atoms with van der Waals surface area (Å²) in [5.74, 6) is 0. The van der Waals surface area contributed by atoms with E-state index in [0.717, 1.165) is 16.6 Å². The molecule has 0 aliphatic heterocycles. The average Bonchev–Trinajstić information content (AvgIpc) is 2.83. The number of urea groups is 1. The van der Waals surface area contributed by atoms with Crippen LogP contribution < -0.4 is 10.6 Å². The largest absolute Gasteiger partial charge is 0.350 e. The standard InChI is InChI=1S/C15H13ClN4O/c1-20-7-6-10-2-3-11(8-13(10)20)18-15(21)19-12-4-5-14(16)17-9-12/h2-9H,1H3,(H2,18,19,21). The molecule has 0 aliphatic carbocycles. The molecule has 0 unspecified atom stereocenters. The number of fused-ring (bicyclic) bond motifs is 1. The van der Waals surface area contributed by atoms with Crippen molar-refractivity contribution in [1.82, 2.24) is 9.55 Å². The number of hydrogen-bond donors (Lipinski definition) is 2. The zero-order chi connectivity index (χ0) is 14.8. The summed E-state index contributed by atoms with van der Waals surface area (Å²) in [6, 6.07) is 10.8. The van der Waals surface area contributed by atoms with Gasteiger partial charge in [0.05, 0.1) is 11.9 Å². The Morgan fingerprint density at radius 1 is 1.14 bits per heavy atom. The number of nitrogens with zero attached hydrogens (tertiary/aromatic N) is 2. The molecule has 0 saturated heterocycles. The highest BCUT2D eigenvalue weighted by Gasteiger charge is 2.05. The number of carbonyl (C=O) groups excluding carboxylic acids is 1. The second-order valence-electron chi connectivity index (χ2n) is 4.65. The number of carbonyl (C=O) groups is 1. The first kappa shape index (κ1) is 13.5. The second kappa shape index (κ2) is 5.46.